The summed E-state index contributed by atoms with van der Waals surface area (Å²) in [6, 6.07) is 3.62. The summed E-state index contributed by atoms with van der Waals surface area (Å²) < 4.78 is 21.6. The second kappa shape index (κ2) is 8.79. The van der Waals surface area contributed by atoms with Gasteiger partial charge in [-0.3, -0.25) is 9.59 Å². The lowest BCUT2D eigenvalue weighted by molar-refractivity contribution is -0.150. The fourth-order valence-electron chi connectivity index (χ4n) is 3.29. The average molecular weight is 375 g/mol. The van der Waals surface area contributed by atoms with Crippen LogP contribution < -0.4 is 14.2 Å². The minimum atomic E-state index is -0.245. The van der Waals surface area contributed by atoms with Crippen LogP contribution >= 0.6 is 0 Å². The molecule has 0 aromatic heterocycles. The molecular weight excluding hydrogens is 350 g/mol. The quantitative estimate of drug-likeness (QED) is 0.581. The van der Waals surface area contributed by atoms with Crippen LogP contribution in [-0.2, 0) is 14.3 Å². The van der Waals surface area contributed by atoms with Crippen molar-refractivity contribution >= 4 is 18.0 Å². The summed E-state index contributed by atoms with van der Waals surface area (Å²) in [5, 5.41) is 0. The molecule has 7 heteroatoms. The number of fused-ring (bicyclic) bond motifs is 1. The van der Waals surface area contributed by atoms with Gasteiger partial charge in [-0.1, -0.05) is 0 Å². The Morgan fingerprint density at radius 2 is 2.11 bits per heavy atom. The molecule has 1 aromatic carbocycles. The maximum Gasteiger partial charge on any atom is 0.310 e. The SMILES string of the molecule is CCOC(=O)[C@H]1CCCN(C(=O)/C=C/c2cc(OC)c3c(c2)OCCO3)C1. The first-order chi connectivity index (χ1) is 13.1. The van der Waals surface area contributed by atoms with E-state index in [0.29, 0.717) is 50.2 Å². The van der Waals surface area contributed by atoms with Gasteiger partial charge in [0.25, 0.3) is 0 Å². The van der Waals surface area contributed by atoms with E-state index in [-0.39, 0.29) is 17.8 Å². The number of hydrogen-bond donors (Lipinski definition) is 0. The van der Waals surface area contributed by atoms with Crippen LogP contribution in [0.25, 0.3) is 6.08 Å². The van der Waals surface area contributed by atoms with Crippen LogP contribution in [0.2, 0.25) is 0 Å². The molecule has 0 aliphatic carbocycles. The fourth-order valence-corrected chi connectivity index (χ4v) is 3.29. The molecule has 1 amide bonds. The molecule has 0 radical (unpaired) electrons. The zero-order valence-corrected chi connectivity index (χ0v) is 15.7. The standard InChI is InChI=1S/C20H25NO6/c1-3-25-20(23)15-5-4-8-21(13-15)18(22)7-6-14-11-16(24-2)19-17(12-14)26-9-10-27-19/h6-7,11-12,15H,3-5,8-10,13H2,1-2H3/b7-6+/t15-/m0/s1. The van der Waals surface area contributed by atoms with E-state index in [1.54, 1.807) is 31.1 Å². The Hall–Kier alpha value is -2.70. The van der Waals surface area contributed by atoms with Crippen LogP contribution in [0.1, 0.15) is 25.3 Å². The second-order valence-electron chi connectivity index (χ2n) is 6.46. The molecule has 0 saturated carbocycles. The second-order valence-corrected chi connectivity index (χ2v) is 6.46. The average Bonchev–Trinajstić information content (AvgIpc) is 2.71. The van der Waals surface area contributed by atoms with Crippen LogP contribution in [0.5, 0.6) is 17.2 Å². The minimum absolute atomic E-state index is 0.127. The first kappa shape index (κ1) is 19.1. The first-order valence-electron chi connectivity index (χ1n) is 9.23. The van der Waals surface area contributed by atoms with Crippen molar-refractivity contribution in [1.29, 1.82) is 0 Å². The van der Waals surface area contributed by atoms with Crippen molar-refractivity contribution in [2.75, 3.05) is 40.0 Å². The number of carbonyl (C=O) groups is 2. The predicted molar refractivity (Wildman–Crippen MR) is 99.0 cm³/mol. The smallest absolute Gasteiger partial charge is 0.310 e. The predicted octanol–water partition coefficient (Wildman–Crippen LogP) is 2.28. The molecular formula is C20H25NO6. The van der Waals surface area contributed by atoms with E-state index in [0.717, 1.165) is 18.4 Å². The third kappa shape index (κ3) is 4.53. The Bertz CT molecular complexity index is 712. The lowest BCUT2D eigenvalue weighted by Crippen LogP contribution is -2.42. The van der Waals surface area contributed by atoms with E-state index in [1.807, 2.05) is 6.07 Å². The van der Waals surface area contributed by atoms with Crippen LogP contribution in [0.3, 0.4) is 0 Å². The van der Waals surface area contributed by atoms with Gasteiger partial charge in [-0.2, -0.15) is 0 Å². The molecule has 27 heavy (non-hydrogen) atoms. The van der Waals surface area contributed by atoms with Crippen LogP contribution in [-0.4, -0.2) is 56.8 Å². The minimum Gasteiger partial charge on any atom is -0.493 e. The van der Waals surface area contributed by atoms with Gasteiger partial charge in [0, 0.05) is 19.2 Å². The molecule has 1 aromatic rings. The molecule has 1 saturated heterocycles. The lowest BCUT2D eigenvalue weighted by Gasteiger charge is -2.30. The Morgan fingerprint density at radius 1 is 1.30 bits per heavy atom. The molecule has 146 valence electrons. The number of piperidine rings is 1. The van der Waals surface area contributed by atoms with Gasteiger partial charge >= 0.3 is 5.97 Å². The van der Waals surface area contributed by atoms with Crippen LogP contribution in [0.15, 0.2) is 18.2 Å². The van der Waals surface area contributed by atoms with Crippen molar-refractivity contribution in [1.82, 2.24) is 4.90 Å². The maximum absolute atomic E-state index is 12.5. The van der Waals surface area contributed by atoms with Crippen molar-refractivity contribution in [3.8, 4) is 17.2 Å². The summed E-state index contributed by atoms with van der Waals surface area (Å²) in [5.74, 6) is 1.16. The molecule has 2 aliphatic heterocycles. The summed E-state index contributed by atoms with van der Waals surface area (Å²) in [6.07, 6.45) is 4.78. The van der Waals surface area contributed by atoms with Crippen molar-refractivity contribution in [3.05, 3.63) is 23.8 Å². The fraction of sp³-hybridized carbons (Fsp3) is 0.500. The molecule has 3 rings (SSSR count). The van der Waals surface area contributed by atoms with Crippen molar-refractivity contribution in [2.45, 2.75) is 19.8 Å². The number of likely N-dealkylation sites (tertiary alicyclic amines) is 1. The van der Waals surface area contributed by atoms with Gasteiger partial charge in [-0.15, -0.1) is 0 Å². The third-order valence-corrected chi connectivity index (χ3v) is 4.62. The summed E-state index contributed by atoms with van der Waals surface area (Å²) in [4.78, 5) is 26.2. The van der Waals surface area contributed by atoms with E-state index in [4.69, 9.17) is 18.9 Å². The monoisotopic (exact) mass is 375 g/mol. The Labute approximate surface area is 158 Å². The molecule has 2 heterocycles. The molecule has 0 N–H and O–H groups in total. The van der Waals surface area contributed by atoms with Crippen LogP contribution in [0.4, 0.5) is 0 Å². The highest BCUT2D eigenvalue weighted by Crippen LogP contribution is 2.40. The Balaban J connectivity index is 1.68. The third-order valence-electron chi connectivity index (χ3n) is 4.62. The molecule has 2 aliphatic rings. The van der Waals surface area contributed by atoms with Gasteiger partial charge in [0.15, 0.2) is 11.5 Å². The topological polar surface area (TPSA) is 74.3 Å². The van der Waals surface area contributed by atoms with Crippen molar-refractivity contribution in [3.63, 3.8) is 0 Å². The van der Waals surface area contributed by atoms with E-state index < -0.39 is 0 Å². The van der Waals surface area contributed by atoms with Gasteiger partial charge in [0.2, 0.25) is 11.7 Å². The van der Waals surface area contributed by atoms with Gasteiger partial charge in [-0.05, 0) is 43.5 Å². The number of amides is 1. The normalized spacial score (nSPS) is 19.0. The zero-order chi connectivity index (χ0) is 19.2. The summed E-state index contributed by atoms with van der Waals surface area (Å²) in [5.41, 5.74) is 0.781. The molecule has 0 bridgehead atoms. The number of hydrogen-bond acceptors (Lipinski definition) is 6. The highest BCUT2D eigenvalue weighted by molar-refractivity contribution is 5.92. The number of benzene rings is 1. The van der Waals surface area contributed by atoms with Gasteiger partial charge in [0.05, 0.1) is 19.6 Å². The van der Waals surface area contributed by atoms with E-state index in [1.165, 1.54) is 6.08 Å². The molecule has 1 atom stereocenters. The maximum atomic E-state index is 12.5. The summed E-state index contributed by atoms with van der Waals surface area (Å²) in [7, 11) is 1.56. The first-order valence-corrected chi connectivity index (χ1v) is 9.23. The lowest BCUT2D eigenvalue weighted by atomic mass is 9.98. The van der Waals surface area contributed by atoms with Crippen molar-refractivity contribution in [2.24, 2.45) is 5.92 Å². The highest BCUT2D eigenvalue weighted by Gasteiger charge is 2.28. The van der Waals surface area contributed by atoms with E-state index in [2.05, 4.69) is 0 Å². The number of nitrogens with zero attached hydrogens (tertiary/aromatic N) is 1. The van der Waals surface area contributed by atoms with Crippen molar-refractivity contribution < 1.29 is 28.5 Å². The highest BCUT2D eigenvalue weighted by atomic mass is 16.6. The van der Waals surface area contributed by atoms with E-state index in [9.17, 15) is 9.59 Å². The number of carbonyl (C=O) groups excluding carboxylic acids is 2. The number of esters is 1. The van der Waals surface area contributed by atoms with Crippen LogP contribution in [0, 0.1) is 5.92 Å². The number of rotatable bonds is 5. The molecule has 7 nitrogen and oxygen atoms in total. The summed E-state index contributed by atoms with van der Waals surface area (Å²) >= 11 is 0. The molecule has 0 unspecified atom stereocenters. The van der Waals surface area contributed by atoms with Gasteiger partial charge < -0.3 is 23.8 Å². The summed E-state index contributed by atoms with van der Waals surface area (Å²) in [6.45, 7) is 4.14. The van der Waals surface area contributed by atoms with E-state index >= 15 is 0 Å². The van der Waals surface area contributed by atoms with Gasteiger partial charge in [0.1, 0.15) is 13.2 Å². The molecule has 1 fully saturated rings. The Morgan fingerprint density at radius 3 is 2.89 bits per heavy atom. The number of ether oxygens (including phenoxy) is 4. The van der Waals surface area contributed by atoms with Gasteiger partial charge in [-0.25, -0.2) is 0 Å². The number of methoxy groups -OCH3 is 1. The Kier molecular flexibility index (Phi) is 6.21. The molecule has 0 spiro atoms. The zero-order valence-electron chi connectivity index (χ0n) is 15.7. The largest absolute Gasteiger partial charge is 0.493 e.